The van der Waals surface area contributed by atoms with Crippen molar-refractivity contribution in [2.75, 3.05) is 6.61 Å². The number of para-hydroxylation sites is 1. The average Bonchev–Trinajstić information content (AvgIpc) is 2.78. The number of ether oxygens (including phenoxy) is 1. The molecule has 0 fully saturated rings. The second kappa shape index (κ2) is 4.47. The van der Waals surface area contributed by atoms with E-state index in [0.29, 0.717) is 4.96 Å². The summed E-state index contributed by atoms with van der Waals surface area (Å²) in [4.78, 5) is 28.8. The van der Waals surface area contributed by atoms with Crippen LogP contribution in [0, 0.1) is 0 Å². The molecular weight excluding hydrogens is 264 g/mol. The third kappa shape index (κ3) is 1.80. The van der Waals surface area contributed by atoms with E-state index in [1.807, 2.05) is 24.3 Å². The Bertz CT molecular complexity index is 835. The Morgan fingerprint density at radius 2 is 2.21 bits per heavy atom. The lowest BCUT2D eigenvalue weighted by molar-refractivity contribution is 0.0523. The Kier molecular flexibility index (Phi) is 2.79. The smallest absolute Gasteiger partial charge is 0.345 e. The molecule has 2 heterocycles. The zero-order chi connectivity index (χ0) is 13.4. The van der Waals surface area contributed by atoms with Gasteiger partial charge in [0.15, 0.2) is 4.96 Å². The van der Waals surface area contributed by atoms with Gasteiger partial charge in [-0.1, -0.05) is 23.5 Å². The second-order valence-corrected chi connectivity index (χ2v) is 4.89. The summed E-state index contributed by atoms with van der Waals surface area (Å²) in [5.41, 5.74) is 0.329. The zero-order valence-corrected chi connectivity index (χ0v) is 10.9. The fourth-order valence-corrected chi connectivity index (χ4v) is 2.89. The van der Waals surface area contributed by atoms with Crippen molar-refractivity contribution in [1.29, 1.82) is 0 Å². The standard InChI is InChI=1S/C13H10N2O3S/c1-2-18-12(17)8-7-14-13-15(11(8)16)9-5-3-4-6-10(9)19-13/h3-7H,2H2,1H3. The van der Waals surface area contributed by atoms with E-state index in [0.717, 1.165) is 10.2 Å². The maximum absolute atomic E-state index is 12.3. The number of rotatable bonds is 2. The van der Waals surface area contributed by atoms with Gasteiger partial charge in [-0.25, -0.2) is 9.78 Å². The van der Waals surface area contributed by atoms with Crippen molar-refractivity contribution in [3.63, 3.8) is 0 Å². The number of fused-ring (bicyclic) bond motifs is 3. The van der Waals surface area contributed by atoms with E-state index in [1.54, 1.807) is 6.92 Å². The quantitative estimate of drug-likeness (QED) is 0.671. The highest BCUT2D eigenvalue weighted by Gasteiger charge is 2.16. The summed E-state index contributed by atoms with van der Waals surface area (Å²) in [7, 11) is 0. The van der Waals surface area contributed by atoms with Crippen molar-refractivity contribution in [3.05, 3.63) is 46.4 Å². The Labute approximate surface area is 112 Å². The maximum Gasteiger partial charge on any atom is 0.345 e. The van der Waals surface area contributed by atoms with E-state index in [1.165, 1.54) is 21.9 Å². The molecule has 3 aromatic rings. The molecule has 1 aromatic carbocycles. The number of carbonyl (C=O) groups excluding carboxylic acids is 1. The average molecular weight is 274 g/mol. The molecule has 6 heteroatoms. The molecule has 5 nitrogen and oxygen atoms in total. The summed E-state index contributed by atoms with van der Waals surface area (Å²) in [6, 6.07) is 7.49. The molecule has 3 rings (SSSR count). The van der Waals surface area contributed by atoms with E-state index < -0.39 is 5.97 Å². The van der Waals surface area contributed by atoms with Crippen molar-refractivity contribution >= 4 is 32.5 Å². The van der Waals surface area contributed by atoms with Gasteiger partial charge in [0.05, 0.1) is 23.0 Å². The Morgan fingerprint density at radius 3 is 3.00 bits per heavy atom. The number of nitrogens with zero attached hydrogens (tertiary/aromatic N) is 2. The van der Waals surface area contributed by atoms with Crippen LogP contribution >= 0.6 is 11.3 Å². The van der Waals surface area contributed by atoms with Crippen LogP contribution in [-0.4, -0.2) is 22.0 Å². The zero-order valence-electron chi connectivity index (χ0n) is 10.1. The van der Waals surface area contributed by atoms with E-state index >= 15 is 0 Å². The van der Waals surface area contributed by atoms with E-state index in [9.17, 15) is 9.59 Å². The molecule has 0 N–H and O–H groups in total. The highest BCUT2D eigenvalue weighted by molar-refractivity contribution is 7.23. The summed E-state index contributed by atoms with van der Waals surface area (Å²) in [6.07, 6.45) is 1.28. The number of thiazole rings is 1. The summed E-state index contributed by atoms with van der Waals surface area (Å²) < 4.78 is 7.26. The number of carbonyl (C=O) groups is 1. The first kappa shape index (κ1) is 11.9. The van der Waals surface area contributed by atoms with Crippen LogP contribution in [0.5, 0.6) is 0 Å². The predicted molar refractivity (Wildman–Crippen MR) is 72.8 cm³/mol. The predicted octanol–water partition coefficient (Wildman–Crippen LogP) is 2.09. The van der Waals surface area contributed by atoms with Crippen LogP contribution in [-0.2, 0) is 4.74 Å². The molecule has 0 saturated heterocycles. The summed E-state index contributed by atoms with van der Waals surface area (Å²) >= 11 is 1.41. The molecule has 19 heavy (non-hydrogen) atoms. The molecule has 0 saturated carbocycles. The first-order chi connectivity index (χ1) is 9.22. The Hall–Kier alpha value is -2.21. The maximum atomic E-state index is 12.3. The number of benzene rings is 1. The topological polar surface area (TPSA) is 60.7 Å². The SMILES string of the molecule is CCOC(=O)c1cnc2sc3ccccc3n2c1=O. The highest BCUT2D eigenvalue weighted by Crippen LogP contribution is 2.23. The summed E-state index contributed by atoms with van der Waals surface area (Å²) in [5, 5.41) is 0. The molecule has 0 bridgehead atoms. The molecule has 0 spiro atoms. The molecule has 96 valence electrons. The molecular formula is C13H10N2O3S. The third-order valence-corrected chi connectivity index (χ3v) is 3.77. The molecule has 2 aromatic heterocycles. The highest BCUT2D eigenvalue weighted by atomic mass is 32.1. The molecule has 0 atom stereocenters. The van der Waals surface area contributed by atoms with Crippen LogP contribution in [0.25, 0.3) is 15.2 Å². The number of hydrogen-bond donors (Lipinski definition) is 0. The van der Waals surface area contributed by atoms with Crippen LogP contribution in [0.4, 0.5) is 0 Å². The second-order valence-electron chi connectivity index (χ2n) is 3.89. The molecule has 0 aliphatic rings. The van der Waals surface area contributed by atoms with E-state index in [-0.39, 0.29) is 17.7 Å². The van der Waals surface area contributed by atoms with Gasteiger partial charge in [0.2, 0.25) is 0 Å². The first-order valence-corrected chi connectivity index (χ1v) is 6.60. The lowest BCUT2D eigenvalue weighted by Crippen LogP contribution is -2.23. The van der Waals surface area contributed by atoms with Crippen molar-refractivity contribution < 1.29 is 9.53 Å². The molecule has 0 radical (unpaired) electrons. The lowest BCUT2D eigenvalue weighted by Gasteiger charge is -2.01. The normalized spacial score (nSPS) is 11.0. The minimum absolute atomic E-state index is 0.0390. The lowest BCUT2D eigenvalue weighted by atomic mass is 10.3. The van der Waals surface area contributed by atoms with Gasteiger partial charge in [0.25, 0.3) is 5.56 Å². The molecule has 0 aliphatic heterocycles. The van der Waals surface area contributed by atoms with Crippen molar-refractivity contribution in [3.8, 4) is 0 Å². The van der Waals surface area contributed by atoms with Crippen LogP contribution in [0.15, 0.2) is 35.3 Å². The van der Waals surface area contributed by atoms with Gasteiger partial charge in [-0.15, -0.1) is 0 Å². The van der Waals surface area contributed by atoms with Crippen molar-refractivity contribution in [2.45, 2.75) is 6.92 Å². The van der Waals surface area contributed by atoms with Crippen molar-refractivity contribution in [2.24, 2.45) is 0 Å². The molecule has 0 aliphatic carbocycles. The van der Waals surface area contributed by atoms with E-state index in [2.05, 4.69) is 4.98 Å². The number of aromatic nitrogens is 2. The minimum Gasteiger partial charge on any atom is -0.462 e. The summed E-state index contributed by atoms with van der Waals surface area (Å²) in [5.74, 6) is -0.635. The van der Waals surface area contributed by atoms with Gasteiger partial charge >= 0.3 is 5.97 Å². The van der Waals surface area contributed by atoms with Crippen LogP contribution in [0.2, 0.25) is 0 Å². The molecule has 0 amide bonds. The van der Waals surface area contributed by atoms with Crippen molar-refractivity contribution in [1.82, 2.24) is 9.38 Å². The van der Waals surface area contributed by atoms with Gasteiger partial charge in [0, 0.05) is 0 Å². The minimum atomic E-state index is -0.635. The van der Waals surface area contributed by atoms with Gasteiger partial charge in [-0.2, -0.15) is 0 Å². The summed E-state index contributed by atoms with van der Waals surface area (Å²) in [6.45, 7) is 1.92. The number of esters is 1. The Morgan fingerprint density at radius 1 is 1.42 bits per heavy atom. The van der Waals surface area contributed by atoms with Crippen LogP contribution in [0.1, 0.15) is 17.3 Å². The monoisotopic (exact) mass is 274 g/mol. The fourth-order valence-electron chi connectivity index (χ4n) is 1.90. The fraction of sp³-hybridized carbons (Fsp3) is 0.154. The first-order valence-electron chi connectivity index (χ1n) is 5.79. The van der Waals surface area contributed by atoms with Gasteiger partial charge in [-0.05, 0) is 19.1 Å². The van der Waals surface area contributed by atoms with Gasteiger partial charge in [-0.3, -0.25) is 9.20 Å². The van der Waals surface area contributed by atoms with Gasteiger partial charge in [0.1, 0.15) is 5.56 Å². The third-order valence-electron chi connectivity index (χ3n) is 2.73. The largest absolute Gasteiger partial charge is 0.462 e. The molecule has 0 unspecified atom stereocenters. The van der Waals surface area contributed by atoms with Gasteiger partial charge < -0.3 is 4.74 Å². The van der Waals surface area contributed by atoms with Crippen LogP contribution in [0.3, 0.4) is 0 Å². The van der Waals surface area contributed by atoms with E-state index in [4.69, 9.17) is 4.74 Å². The number of hydrogen-bond acceptors (Lipinski definition) is 5. The Balaban J connectivity index is 2.34. The van der Waals surface area contributed by atoms with Crippen LogP contribution < -0.4 is 5.56 Å².